The molecule has 0 heterocycles. The van der Waals surface area contributed by atoms with Crippen molar-refractivity contribution >= 4 is 16.0 Å². The molecule has 2 N–H and O–H groups in total. The quantitative estimate of drug-likeness (QED) is 0.695. The number of hydrogen-bond donors (Lipinski definition) is 2. The molecule has 0 amide bonds. The van der Waals surface area contributed by atoms with E-state index in [-0.39, 0.29) is 4.90 Å². The van der Waals surface area contributed by atoms with Gasteiger partial charge in [0.2, 0.25) is 10.0 Å². The smallest absolute Gasteiger partial charge is 0.326 e. The van der Waals surface area contributed by atoms with Crippen LogP contribution in [0, 0.1) is 11.3 Å². The summed E-state index contributed by atoms with van der Waals surface area (Å²) in [7, 11) is -2.89. The number of esters is 1. The number of methoxy groups -OCH3 is 1. The van der Waals surface area contributed by atoms with Crippen LogP contribution in [0.5, 0.6) is 0 Å². The molecule has 1 atom stereocenters. The van der Waals surface area contributed by atoms with Crippen molar-refractivity contribution in [2.24, 2.45) is 0 Å². The average molecular weight is 284 g/mol. The standard InChI is InChI=1S/C11H12N2O5S/c1-18-11(15)10(7-14)13-19(16,17)9-4-2-8(6-12)3-5-9/h2-5,10,13-14H,7H2,1H3. The summed E-state index contributed by atoms with van der Waals surface area (Å²) < 4.78 is 30.2. The summed E-state index contributed by atoms with van der Waals surface area (Å²) in [4.78, 5) is 11.1. The van der Waals surface area contributed by atoms with Gasteiger partial charge in [0.15, 0.2) is 0 Å². The Morgan fingerprint density at radius 3 is 2.47 bits per heavy atom. The molecule has 1 aromatic carbocycles. The van der Waals surface area contributed by atoms with Crippen LogP contribution in [0.15, 0.2) is 29.2 Å². The molecule has 0 aliphatic heterocycles. The fourth-order valence-corrected chi connectivity index (χ4v) is 2.44. The molecular weight excluding hydrogens is 272 g/mol. The fraction of sp³-hybridized carbons (Fsp3) is 0.273. The third kappa shape index (κ3) is 3.75. The number of ether oxygens (including phenoxy) is 1. The van der Waals surface area contributed by atoms with Crippen molar-refractivity contribution in [2.45, 2.75) is 10.9 Å². The summed E-state index contributed by atoms with van der Waals surface area (Å²) >= 11 is 0. The summed E-state index contributed by atoms with van der Waals surface area (Å²) in [5, 5.41) is 17.6. The maximum absolute atomic E-state index is 11.9. The lowest BCUT2D eigenvalue weighted by Gasteiger charge is -2.14. The molecule has 1 unspecified atom stereocenters. The molecule has 1 aromatic rings. The van der Waals surface area contributed by atoms with Gasteiger partial charge in [-0.1, -0.05) is 0 Å². The van der Waals surface area contributed by atoms with Crippen LogP contribution in [0.25, 0.3) is 0 Å². The molecule has 0 saturated carbocycles. The first-order chi connectivity index (χ1) is 8.94. The summed E-state index contributed by atoms with van der Waals surface area (Å²) in [5.41, 5.74) is 0.311. The van der Waals surface area contributed by atoms with Crippen LogP contribution in [-0.4, -0.2) is 39.3 Å². The van der Waals surface area contributed by atoms with Gasteiger partial charge in [0, 0.05) is 0 Å². The van der Waals surface area contributed by atoms with Crippen molar-refractivity contribution in [3.05, 3.63) is 29.8 Å². The predicted molar refractivity (Wildman–Crippen MR) is 64.4 cm³/mol. The van der Waals surface area contributed by atoms with Gasteiger partial charge in [-0.05, 0) is 24.3 Å². The lowest BCUT2D eigenvalue weighted by Crippen LogP contribution is -2.43. The largest absolute Gasteiger partial charge is 0.468 e. The number of nitrogens with one attached hydrogen (secondary N) is 1. The van der Waals surface area contributed by atoms with Crippen molar-refractivity contribution in [3.63, 3.8) is 0 Å². The molecule has 0 fully saturated rings. The minimum atomic E-state index is -3.97. The second kappa shape index (κ2) is 6.29. The summed E-state index contributed by atoms with van der Waals surface area (Å²) in [5.74, 6) is -0.889. The van der Waals surface area contributed by atoms with E-state index < -0.39 is 28.6 Å². The third-order valence-electron chi connectivity index (χ3n) is 2.26. The number of nitrogens with zero attached hydrogens (tertiary/aromatic N) is 1. The van der Waals surface area contributed by atoms with Gasteiger partial charge in [-0.15, -0.1) is 0 Å². The van der Waals surface area contributed by atoms with Crippen molar-refractivity contribution in [3.8, 4) is 6.07 Å². The van der Waals surface area contributed by atoms with Crippen molar-refractivity contribution in [1.82, 2.24) is 4.72 Å². The predicted octanol–water partition coefficient (Wildman–Crippen LogP) is -0.630. The number of nitriles is 1. The minimum absolute atomic E-state index is 0.117. The lowest BCUT2D eigenvalue weighted by atomic mass is 10.2. The summed E-state index contributed by atoms with van der Waals surface area (Å²) in [6.07, 6.45) is 0. The van der Waals surface area contributed by atoms with Crippen LogP contribution >= 0.6 is 0 Å². The average Bonchev–Trinajstić information content (AvgIpc) is 2.44. The Bertz CT molecular complexity index is 589. The van der Waals surface area contributed by atoms with Crippen molar-refractivity contribution < 1.29 is 23.1 Å². The van der Waals surface area contributed by atoms with Crippen LogP contribution in [0.4, 0.5) is 0 Å². The molecule has 0 aromatic heterocycles. The Hall–Kier alpha value is -1.95. The number of benzene rings is 1. The molecule has 0 saturated heterocycles. The Labute approximate surface area is 110 Å². The van der Waals surface area contributed by atoms with Crippen LogP contribution in [-0.2, 0) is 19.6 Å². The molecule has 0 radical (unpaired) electrons. The highest BCUT2D eigenvalue weighted by Gasteiger charge is 2.25. The molecule has 0 spiro atoms. The van der Waals surface area contributed by atoms with Crippen LogP contribution in [0.1, 0.15) is 5.56 Å². The van der Waals surface area contributed by atoms with Crippen molar-refractivity contribution in [2.75, 3.05) is 13.7 Å². The summed E-state index contributed by atoms with van der Waals surface area (Å²) in [6, 6.07) is 5.61. The van der Waals surface area contributed by atoms with E-state index in [9.17, 15) is 13.2 Å². The molecule has 0 aliphatic carbocycles. The zero-order valence-corrected chi connectivity index (χ0v) is 10.8. The van der Waals surface area contributed by atoms with Crippen LogP contribution < -0.4 is 4.72 Å². The van der Waals surface area contributed by atoms with E-state index in [1.54, 1.807) is 0 Å². The first kappa shape index (κ1) is 15.1. The second-order valence-corrected chi connectivity index (χ2v) is 5.23. The van der Waals surface area contributed by atoms with Gasteiger partial charge < -0.3 is 9.84 Å². The highest BCUT2D eigenvalue weighted by atomic mass is 32.2. The molecule has 19 heavy (non-hydrogen) atoms. The number of aliphatic hydroxyl groups excluding tert-OH is 1. The van der Waals surface area contributed by atoms with Crippen LogP contribution in [0.3, 0.4) is 0 Å². The van der Waals surface area contributed by atoms with E-state index >= 15 is 0 Å². The van der Waals surface area contributed by atoms with E-state index in [1.807, 2.05) is 10.8 Å². The molecular formula is C11H12N2O5S. The zero-order chi connectivity index (χ0) is 14.5. The maximum Gasteiger partial charge on any atom is 0.326 e. The van der Waals surface area contributed by atoms with E-state index in [1.165, 1.54) is 24.3 Å². The summed E-state index contributed by atoms with van der Waals surface area (Å²) in [6.45, 7) is -0.720. The highest BCUT2D eigenvalue weighted by Crippen LogP contribution is 2.10. The number of carbonyl (C=O) groups excluding carboxylic acids is 1. The Morgan fingerprint density at radius 2 is 2.05 bits per heavy atom. The first-order valence-corrected chi connectivity index (χ1v) is 6.64. The maximum atomic E-state index is 11.9. The Morgan fingerprint density at radius 1 is 1.47 bits per heavy atom. The van der Waals surface area contributed by atoms with E-state index in [2.05, 4.69) is 4.74 Å². The van der Waals surface area contributed by atoms with Crippen molar-refractivity contribution in [1.29, 1.82) is 5.26 Å². The molecule has 102 valence electrons. The third-order valence-corrected chi connectivity index (χ3v) is 3.75. The number of carbonyl (C=O) groups is 1. The zero-order valence-electron chi connectivity index (χ0n) is 10.0. The van der Waals surface area contributed by atoms with Gasteiger partial charge in [-0.3, -0.25) is 4.79 Å². The minimum Gasteiger partial charge on any atom is -0.468 e. The van der Waals surface area contributed by atoms with Gasteiger partial charge in [0.25, 0.3) is 0 Å². The Balaban J connectivity index is 2.97. The normalized spacial score (nSPS) is 12.5. The van der Waals surface area contributed by atoms with Gasteiger partial charge >= 0.3 is 5.97 Å². The number of rotatable bonds is 5. The number of aliphatic hydroxyl groups is 1. The highest BCUT2D eigenvalue weighted by molar-refractivity contribution is 7.89. The second-order valence-electron chi connectivity index (χ2n) is 3.52. The van der Waals surface area contributed by atoms with Gasteiger partial charge in [0.05, 0.1) is 30.2 Å². The van der Waals surface area contributed by atoms with Crippen LogP contribution in [0.2, 0.25) is 0 Å². The van der Waals surface area contributed by atoms with Gasteiger partial charge in [-0.25, -0.2) is 8.42 Å². The SMILES string of the molecule is COC(=O)C(CO)NS(=O)(=O)c1ccc(C#N)cc1. The number of sulfonamides is 1. The molecule has 0 aliphatic rings. The first-order valence-electron chi connectivity index (χ1n) is 5.15. The lowest BCUT2D eigenvalue weighted by molar-refractivity contribution is -0.143. The fourth-order valence-electron chi connectivity index (χ4n) is 1.27. The molecule has 0 bridgehead atoms. The van der Waals surface area contributed by atoms with E-state index in [0.29, 0.717) is 5.56 Å². The number of hydrogen-bond acceptors (Lipinski definition) is 6. The molecule has 7 nitrogen and oxygen atoms in total. The monoisotopic (exact) mass is 284 g/mol. The Kier molecular flexibility index (Phi) is 5.00. The van der Waals surface area contributed by atoms with Gasteiger partial charge in [0.1, 0.15) is 6.04 Å². The molecule has 8 heteroatoms. The topological polar surface area (TPSA) is 116 Å². The molecule has 1 rings (SSSR count). The van der Waals surface area contributed by atoms with Gasteiger partial charge in [-0.2, -0.15) is 9.98 Å². The van der Waals surface area contributed by atoms with E-state index in [4.69, 9.17) is 10.4 Å². The van der Waals surface area contributed by atoms with E-state index in [0.717, 1.165) is 7.11 Å².